The smallest absolute Gasteiger partial charge is 0.324 e. The van der Waals surface area contributed by atoms with Crippen molar-refractivity contribution in [1.29, 1.82) is 0 Å². The molecule has 0 radical (unpaired) electrons. The first-order valence-electron chi connectivity index (χ1n) is 12.2. The number of methoxy groups -OCH3 is 1. The van der Waals surface area contributed by atoms with Crippen LogP contribution < -0.4 is 14.8 Å². The molecule has 4 aromatic rings. The van der Waals surface area contributed by atoms with Gasteiger partial charge in [0.1, 0.15) is 5.69 Å². The van der Waals surface area contributed by atoms with E-state index in [-0.39, 0.29) is 28.7 Å². The summed E-state index contributed by atoms with van der Waals surface area (Å²) in [4.78, 5) is 8.71. The number of halogens is 1. The zero-order valence-corrected chi connectivity index (χ0v) is 22.7. The maximum Gasteiger partial charge on any atom is 0.324 e. The third-order valence-corrected chi connectivity index (χ3v) is 7.27. The van der Waals surface area contributed by atoms with Crippen LogP contribution in [0.3, 0.4) is 0 Å². The summed E-state index contributed by atoms with van der Waals surface area (Å²) >= 11 is 0. The van der Waals surface area contributed by atoms with E-state index in [0.29, 0.717) is 29.4 Å². The van der Waals surface area contributed by atoms with Gasteiger partial charge in [-0.15, -0.1) is 0 Å². The predicted molar refractivity (Wildman–Crippen MR) is 139 cm³/mol. The van der Waals surface area contributed by atoms with Crippen LogP contribution in [0.2, 0.25) is 0 Å². The Hall–Kier alpha value is -4.04. The van der Waals surface area contributed by atoms with Gasteiger partial charge in [0.05, 0.1) is 18.2 Å². The number of rotatable bonds is 8. The minimum atomic E-state index is -3.60. The normalized spacial score (nSPS) is 15.8. The lowest BCUT2D eigenvalue weighted by molar-refractivity contribution is -0.0404. The molecule has 206 valence electrons. The number of aryl methyl sites for hydroxylation is 2. The summed E-state index contributed by atoms with van der Waals surface area (Å²) in [6, 6.07) is 5.01. The minimum absolute atomic E-state index is 0.149. The van der Waals surface area contributed by atoms with E-state index >= 15 is 0 Å². The van der Waals surface area contributed by atoms with E-state index in [9.17, 15) is 12.8 Å². The highest BCUT2D eigenvalue weighted by atomic mass is 32.2. The van der Waals surface area contributed by atoms with Crippen LogP contribution in [0, 0.1) is 12.7 Å². The van der Waals surface area contributed by atoms with Gasteiger partial charge < -0.3 is 19.5 Å². The molecule has 39 heavy (non-hydrogen) atoms. The highest BCUT2D eigenvalue weighted by molar-refractivity contribution is 7.90. The lowest BCUT2D eigenvalue weighted by Gasteiger charge is -2.23. The number of ether oxygens (including phenoxy) is 3. The van der Waals surface area contributed by atoms with Gasteiger partial charge in [0.15, 0.2) is 45.0 Å². The van der Waals surface area contributed by atoms with Crippen molar-refractivity contribution in [1.82, 2.24) is 29.5 Å². The molecule has 0 amide bonds. The van der Waals surface area contributed by atoms with Gasteiger partial charge in [-0.25, -0.2) is 17.5 Å². The summed E-state index contributed by atoms with van der Waals surface area (Å²) in [5.74, 6) is -0.111. The summed E-state index contributed by atoms with van der Waals surface area (Å²) < 4.78 is 59.0. The number of nitrogens with one attached hydrogen (secondary N) is 1. The Labute approximate surface area is 224 Å². The molecular formula is C25H28FN7O5S. The SMILES string of the molecule is COc1c(Nc2cc(C)n(C3CCCCO3)n2)nc(Oc2ccc(S(C)(=O)=O)cc2F)nc1-c1cnn(C)c1. The van der Waals surface area contributed by atoms with Crippen LogP contribution in [-0.2, 0) is 21.6 Å². The third kappa shape index (κ3) is 5.71. The predicted octanol–water partition coefficient (Wildman–Crippen LogP) is 4.17. The standard InChI is InChI=1S/C25H28FN7O5S/c1-15-11-20(31-33(15)21-7-5-6-10-37-21)28-24-23(36-3)22(16-13-27-32(2)14-16)29-25(30-24)38-19-9-8-17(12-18(19)26)39(4,34)35/h8-9,11-14,21H,5-7,10H2,1-4H3,(H,28,29,30,31). The van der Waals surface area contributed by atoms with Crippen LogP contribution in [0.1, 0.15) is 31.2 Å². The van der Waals surface area contributed by atoms with Crippen molar-refractivity contribution in [2.45, 2.75) is 37.3 Å². The molecule has 1 N–H and O–H groups in total. The summed E-state index contributed by atoms with van der Waals surface area (Å²) in [6.45, 7) is 2.62. The fraction of sp³-hybridized carbons (Fsp3) is 0.360. The molecule has 1 aliphatic rings. The highest BCUT2D eigenvalue weighted by Crippen LogP contribution is 2.38. The Kier molecular flexibility index (Phi) is 7.23. The Balaban J connectivity index is 1.54. The van der Waals surface area contributed by atoms with Crippen molar-refractivity contribution < 1.29 is 27.0 Å². The summed E-state index contributed by atoms with van der Waals surface area (Å²) in [6.07, 6.45) is 7.13. The maximum atomic E-state index is 14.8. The van der Waals surface area contributed by atoms with Crippen LogP contribution in [0.4, 0.5) is 16.0 Å². The number of aromatic nitrogens is 6. The summed E-state index contributed by atoms with van der Waals surface area (Å²) in [5, 5.41) is 12.0. The van der Waals surface area contributed by atoms with Crippen LogP contribution in [-0.4, -0.2) is 57.9 Å². The topological polar surface area (TPSA) is 135 Å². The van der Waals surface area contributed by atoms with Crippen LogP contribution in [0.5, 0.6) is 17.5 Å². The first kappa shape index (κ1) is 26.6. The van der Waals surface area contributed by atoms with E-state index in [1.165, 1.54) is 19.2 Å². The molecule has 0 saturated carbocycles. The van der Waals surface area contributed by atoms with Crippen molar-refractivity contribution in [3.05, 3.63) is 48.2 Å². The first-order chi connectivity index (χ1) is 18.6. The lowest BCUT2D eigenvalue weighted by atomic mass is 10.2. The Morgan fingerprint density at radius 2 is 2.03 bits per heavy atom. The third-order valence-electron chi connectivity index (χ3n) is 6.16. The summed E-state index contributed by atoms with van der Waals surface area (Å²) in [7, 11) is -0.357. The molecule has 12 nitrogen and oxygen atoms in total. The van der Waals surface area contributed by atoms with Gasteiger partial charge in [-0.1, -0.05) is 0 Å². The van der Waals surface area contributed by atoms with Gasteiger partial charge in [-0.2, -0.15) is 20.2 Å². The van der Waals surface area contributed by atoms with E-state index in [2.05, 4.69) is 25.5 Å². The van der Waals surface area contributed by atoms with Crippen molar-refractivity contribution >= 4 is 21.5 Å². The Morgan fingerprint density at radius 3 is 2.67 bits per heavy atom. The second kappa shape index (κ2) is 10.6. The van der Waals surface area contributed by atoms with Crippen molar-refractivity contribution in [3.63, 3.8) is 0 Å². The van der Waals surface area contributed by atoms with Crippen LogP contribution in [0.25, 0.3) is 11.3 Å². The lowest BCUT2D eigenvalue weighted by Crippen LogP contribution is -2.20. The molecule has 0 spiro atoms. The summed E-state index contributed by atoms with van der Waals surface area (Å²) in [5.41, 5.74) is 1.85. The molecule has 1 unspecified atom stereocenters. The fourth-order valence-corrected chi connectivity index (χ4v) is 4.90. The monoisotopic (exact) mass is 557 g/mol. The van der Waals surface area contributed by atoms with Gasteiger partial charge in [0.2, 0.25) is 0 Å². The van der Waals surface area contributed by atoms with Crippen molar-refractivity contribution in [3.8, 4) is 28.8 Å². The second-order valence-electron chi connectivity index (χ2n) is 9.17. The highest BCUT2D eigenvalue weighted by Gasteiger charge is 2.23. The molecule has 1 aromatic carbocycles. The molecular weight excluding hydrogens is 529 g/mol. The number of sulfone groups is 1. The molecule has 1 atom stereocenters. The second-order valence-corrected chi connectivity index (χ2v) is 11.2. The van der Waals surface area contributed by atoms with E-state index in [1.54, 1.807) is 24.1 Å². The minimum Gasteiger partial charge on any atom is -0.491 e. The number of hydrogen-bond donors (Lipinski definition) is 1. The average Bonchev–Trinajstić information content (AvgIpc) is 3.49. The molecule has 1 aliphatic heterocycles. The molecule has 4 heterocycles. The van der Waals surface area contributed by atoms with Crippen molar-refractivity contribution in [2.75, 3.05) is 25.3 Å². The Morgan fingerprint density at radius 1 is 1.21 bits per heavy atom. The fourth-order valence-electron chi connectivity index (χ4n) is 4.26. The molecule has 0 aliphatic carbocycles. The largest absolute Gasteiger partial charge is 0.491 e. The van der Waals surface area contributed by atoms with Crippen molar-refractivity contribution in [2.24, 2.45) is 7.05 Å². The van der Waals surface area contributed by atoms with Crippen LogP contribution >= 0.6 is 0 Å². The van der Waals surface area contributed by atoms with Gasteiger partial charge in [-0.3, -0.25) is 4.68 Å². The quantitative estimate of drug-likeness (QED) is 0.336. The van der Waals surface area contributed by atoms with E-state index in [1.807, 2.05) is 17.7 Å². The first-order valence-corrected chi connectivity index (χ1v) is 14.1. The van der Waals surface area contributed by atoms with Gasteiger partial charge >= 0.3 is 6.01 Å². The zero-order valence-electron chi connectivity index (χ0n) is 21.9. The number of anilines is 2. The van der Waals surface area contributed by atoms with E-state index < -0.39 is 15.7 Å². The van der Waals surface area contributed by atoms with Gasteiger partial charge in [0, 0.05) is 43.4 Å². The van der Waals surface area contributed by atoms with Gasteiger partial charge in [0.25, 0.3) is 0 Å². The van der Waals surface area contributed by atoms with E-state index in [0.717, 1.165) is 37.3 Å². The van der Waals surface area contributed by atoms with Gasteiger partial charge in [-0.05, 0) is 44.4 Å². The number of nitrogens with zero attached hydrogens (tertiary/aromatic N) is 6. The average molecular weight is 558 g/mol. The number of benzene rings is 1. The molecule has 14 heteroatoms. The Bertz CT molecular complexity index is 1610. The zero-order chi connectivity index (χ0) is 27.7. The molecule has 1 saturated heterocycles. The molecule has 3 aromatic heterocycles. The molecule has 5 rings (SSSR count). The maximum absolute atomic E-state index is 14.8. The van der Waals surface area contributed by atoms with Crippen LogP contribution in [0.15, 0.2) is 41.6 Å². The molecule has 0 bridgehead atoms. The van der Waals surface area contributed by atoms with E-state index in [4.69, 9.17) is 14.2 Å². The number of hydrogen-bond acceptors (Lipinski definition) is 10. The molecule has 1 fully saturated rings.